The lowest BCUT2D eigenvalue weighted by atomic mass is 10.3. The number of nitrogens with two attached hydrogens (primary N) is 1. The Labute approximate surface area is 127 Å². The maximum absolute atomic E-state index is 11.9. The Morgan fingerprint density at radius 3 is 2.95 bits per heavy atom. The fourth-order valence-electron chi connectivity index (χ4n) is 1.51. The summed E-state index contributed by atoms with van der Waals surface area (Å²) in [5.41, 5.74) is 6.16. The summed E-state index contributed by atoms with van der Waals surface area (Å²) >= 11 is 9.01. The van der Waals surface area contributed by atoms with Gasteiger partial charge in [-0.1, -0.05) is 11.6 Å². The molecule has 0 unspecified atom stereocenters. The van der Waals surface area contributed by atoms with Gasteiger partial charge in [0.05, 0.1) is 17.0 Å². The van der Waals surface area contributed by atoms with E-state index in [2.05, 4.69) is 26.2 Å². The van der Waals surface area contributed by atoms with Crippen LogP contribution >= 0.6 is 27.5 Å². The van der Waals surface area contributed by atoms with Crippen LogP contribution in [0.1, 0.15) is 0 Å². The minimum absolute atomic E-state index is 0.161. The molecule has 0 fully saturated rings. The second-order valence-electron chi connectivity index (χ2n) is 3.96. The number of hydrogen-bond donors (Lipinski definition) is 2. The SMILES string of the molecule is Nc1ccc(NC(=O)Cn2cncc(Br)c2=O)c(Cl)c1. The van der Waals surface area contributed by atoms with E-state index >= 15 is 0 Å². The Morgan fingerprint density at radius 1 is 1.50 bits per heavy atom. The monoisotopic (exact) mass is 356 g/mol. The second-order valence-corrected chi connectivity index (χ2v) is 5.22. The fraction of sp³-hybridized carbons (Fsp3) is 0.0833. The molecule has 1 aromatic carbocycles. The molecule has 8 heteroatoms. The van der Waals surface area contributed by atoms with E-state index in [1.807, 2.05) is 0 Å². The first-order valence-electron chi connectivity index (χ1n) is 5.52. The first-order valence-corrected chi connectivity index (χ1v) is 6.69. The predicted molar refractivity (Wildman–Crippen MR) is 80.7 cm³/mol. The normalized spacial score (nSPS) is 10.3. The number of benzene rings is 1. The Hall–Kier alpha value is -1.86. The highest BCUT2D eigenvalue weighted by molar-refractivity contribution is 9.10. The van der Waals surface area contributed by atoms with Crippen molar-refractivity contribution in [1.29, 1.82) is 0 Å². The van der Waals surface area contributed by atoms with Crippen molar-refractivity contribution < 1.29 is 4.79 Å². The number of halogens is 2. The highest BCUT2D eigenvalue weighted by atomic mass is 79.9. The number of nitrogen functional groups attached to an aromatic ring is 1. The number of hydrogen-bond acceptors (Lipinski definition) is 4. The smallest absolute Gasteiger partial charge is 0.268 e. The third-order valence-electron chi connectivity index (χ3n) is 2.44. The van der Waals surface area contributed by atoms with E-state index in [-0.39, 0.29) is 12.1 Å². The zero-order valence-electron chi connectivity index (χ0n) is 10.1. The van der Waals surface area contributed by atoms with Gasteiger partial charge in [0, 0.05) is 11.9 Å². The van der Waals surface area contributed by atoms with Crippen LogP contribution in [0.25, 0.3) is 0 Å². The molecular formula is C12H10BrClN4O2. The molecule has 20 heavy (non-hydrogen) atoms. The van der Waals surface area contributed by atoms with Crippen LogP contribution < -0.4 is 16.6 Å². The lowest BCUT2D eigenvalue weighted by Crippen LogP contribution is -2.28. The molecular weight excluding hydrogens is 348 g/mol. The zero-order chi connectivity index (χ0) is 14.7. The Morgan fingerprint density at radius 2 is 2.25 bits per heavy atom. The molecule has 0 atom stereocenters. The van der Waals surface area contributed by atoms with Crippen molar-refractivity contribution in [2.75, 3.05) is 11.1 Å². The average Bonchev–Trinajstić information content (AvgIpc) is 2.38. The molecule has 1 heterocycles. The number of nitrogens with one attached hydrogen (secondary N) is 1. The van der Waals surface area contributed by atoms with Gasteiger partial charge < -0.3 is 11.1 Å². The maximum atomic E-state index is 11.9. The van der Waals surface area contributed by atoms with Gasteiger partial charge >= 0.3 is 0 Å². The van der Waals surface area contributed by atoms with E-state index < -0.39 is 5.91 Å². The number of carbonyl (C=O) groups is 1. The summed E-state index contributed by atoms with van der Waals surface area (Å²) in [4.78, 5) is 27.4. The predicted octanol–water partition coefficient (Wildman–Crippen LogP) is 1.88. The summed E-state index contributed by atoms with van der Waals surface area (Å²) in [6, 6.07) is 4.75. The van der Waals surface area contributed by atoms with Gasteiger partial charge in [0.2, 0.25) is 5.91 Å². The molecule has 2 aromatic rings. The molecule has 2 rings (SSSR count). The molecule has 0 spiro atoms. The summed E-state index contributed by atoms with van der Waals surface area (Å²) in [7, 11) is 0. The quantitative estimate of drug-likeness (QED) is 0.821. The Kier molecular flexibility index (Phi) is 4.41. The average molecular weight is 358 g/mol. The van der Waals surface area contributed by atoms with Crippen LogP contribution in [0.3, 0.4) is 0 Å². The number of aromatic nitrogens is 2. The summed E-state index contributed by atoms with van der Waals surface area (Å²) in [6.07, 6.45) is 2.66. The van der Waals surface area contributed by atoms with Gasteiger partial charge in [0.15, 0.2) is 0 Å². The molecule has 0 radical (unpaired) electrons. The number of rotatable bonds is 3. The van der Waals surface area contributed by atoms with Crippen molar-refractivity contribution in [1.82, 2.24) is 9.55 Å². The first kappa shape index (κ1) is 14.5. The van der Waals surface area contributed by atoms with Gasteiger partial charge in [-0.25, -0.2) is 4.98 Å². The van der Waals surface area contributed by atoms with Crippen LogP contribution in [0.4, 0.5) is 11.4 Å². The molecule has 0 aliphatic heterocycles. The second kappa shape index (κ2) is 6.06. The van der Waals surface area contributed by atoms with Gasteiger partial charge in [-0.3, -0.25) is 14.2 Å². The van der Waals surface area contributed by atoms with Gasteiger partial charge in [-0.15, -0.1) is 0 Å². The van der Waals surface area contributed by atoms with E-state index in [0.29, 0.717) is 20.9 Å². The minimum atomic E-state index is -0.390. The lowest BCUT2D eigenvalue weighted by molar-refractivity contribution is -0.116. The first-order chi connectivity index (χ1) is 9.47. The molecule has 3 N–H and O–H groups in total. The fourth-order valence-corrected chi connectivity index (χ4v) is 2.10. The van der Waals surface area contributed by atoms with Crippen molar-refractivity contribution in [3.63, 3.8) is 0 Å². The third-order valence-corrected chi connectivity index (χ3v) is 3.30. The van der Waals surface area contributed by atoms with E-state index in [1.165, 1.54) is 23.2 Å². The highest BCUT2D eigenvalue weighted by Crippen LogP contribution is 2.23. The molecule has 0 aliphatic rings. The van der Waals surface area contributed by atoms with Crippen LogP contribution in [0.15, 0.2) is 40.0 Å². The lowest BCUT2D eigenvalue weighted by Gasteiger charge is -2.09. The number of amides is 1. The van der Waals surface area contributed by atoms with Crippen LogP contribution in [0, 0.1) is 0 Å². The third kappa shape index (κ3) is 3.37. The Balaban J connectivity index is 2.13. The van der Waals surface area contributed by atoms with Gasteiger partial charge in [-0.05, 0) is 34.1 Å². The number of carbonyl (C=O) groups excluding carboxylic acids is 1. The summed E-state index contributed by atoms with van der Waals surface area (Å²) in [5.74, 6) is -0.390. The van der Waals surface area contributed by atoms with Crippen molar-refractivity contribution in [2.45, 2.75) is 6.54 Å². The molecule has 0 saturated carbocycles. The van der Waals surface area contributed by atoms with E-state index in [9.17, 15) is 9.59 Å². The summed E-state index contributed by atoms with van der Waals surface area (Å²) < 4.78 is 1.48. The zero-order valence-corrected chi connectivity index (χ0v) is 12.5. The number of anilines is 2. The maximum Gasteiger partial charge on any atom is 0.268 e. The van der Waals surface area contributed by atoms with Crippen molar-refractivity contribution >= 4 is 44.8 Å². The highest BCUT2D eigenvalue weighted by Gasteiger charge is 2.09. The van der Waals surface area contributed by atoms with Crippen molar-refractivity contribution in [3.05, 3.63) is 50.6 Å². The van der Waals surface area contributed by atoms with Crippen LogP contribution in [-0.4, -0.2) is 15.5 Å². The van der Waals surface area contributed by atoms with Crippen LogP contribution in [0.2, 0.25) is 5.02 Å². The summed E-state index contributed by atoms with van der Waals surface area (Å²) in [6.45, 7) is -0.161. The van der Waals surface area contributed by atoms with Gasteiger partial charge in [-0.2, -0.15) is 0 Å². The molecule has 0 aliphatic carbocycles. The van der Waals surface area contributed by atoms with E-state index in [4.69, 9.17) is 17.3 Å². The molecule has 104 valence electrons. The van der Waals surface area contributed by atoms with Crippen molar-refractivity contribution in [3.8, 4) is 0 Å². The molecule has 0 bridgehead atoms. The van der Waals surface area contributed by atoms with Gasteiger partial charge in [0.1, 0.15) is 11.0 Å². The van der Waals surface area contributed by atoms with Crippen LogP contribution in [-0.2, 0) is 11.3 Å². The van der Waals surface area contributed by atoms with E-state index in [1.54, 1.807) is 12.1 Å². The minimum Gasteiger partial charge on any atom is -0.399 e. The van der Waals surface area contributed by atoms with Gasteiger partial charge in [0.25, 0.3) is 5.56 Å². The number of nitrogens with zero attached hydrogens (tertiary/aromatic N) is 2. The molecule has 0 saturated heterocycles. The Bertz CT molecular complexity index is 717. The summed E-state index contributed by atoms with van der Waals surface area (Å²) in [5, 5.41) is 2.93. The van der Waals surface area contributed by atoms with E-state index in [0.717, 1.165) is 0 Å². The standard InChI is InChI=1S/C12H10BrClN4O2/c13-8-4-16-6-18(12(8)20)5-11(19)17-10-2-1-7(15)3-9(10)14/h1-4,6H,5,15H2,(H,17,19). The van der Waals surface area contributed by atoms with Crippen LogP contribution in [0.5, 0.6) is 0 Å². The van der Waals surface area contributed by atoms with Crippen molar-refractivity contribution in [2.24, 2.45) is 0 Å². The molecule has 1 amide bonds. The topological polar surface area (TPSA) is 90.0 Å². The molecule has 6 nitrogen and oxygen atoms in total. The molecule has 1 aromatic heterocycles. The largest absolute Gasteiger partial charge is 0.399 e.